The number of hydrogen-bond acceptors (Lipinski definition) is 0. The van der Waals surface area contributed by atoms with E-state index in [9.17, 15) is 0 Å². The van der Waals surface area contributed by atoms with Crippen molar-refractivity contribution in [3.63, 3.8) is 0 Å². The van der Waals surface area contributed by atoms with Crippen LogP contribution in [0.1, 0.15) is 135 Å². The van der Waals surface area contributed by atoms with E-state index in [1.807, 2.05) is 41.5 Å². The Labute approximate surface area is 141 Å². The van der Waals surface area contributed by atoms with Crippen LogP contribution in [0.2, 0.25) is 0 Å². The summed E-state index contributed by atoms with van der Waals surface area (Å²) in [7, 11) is 0. The molecule has 0 aromatic heterocycles. The molecule has 0 nitrogen and oxygen atoms in total. The summed E-state index contributed by atoms with van der Waals surface area (Å²) in [4.78, 5) is 0. The quantitative estimate of drug-likeness (QED) is 0.474. The van der Waals surface area contributed by atoms with Gasteiger partial charge in [0, 0.05) is 0 Å². The van der Waals surface area contributed by atoms with Crippen molar-refractivity contribution in [2.24, 2.45) is 5.92 Å². The van der Waals surface area contributed by atoms with Gasteiger partial charge in [0.15, 0.2) is 0 Å². The molecule has 0 saturated heterocycles. The van der Waals surface area contributed by atoms with Crippen LogP contribution < -0.4 is 0 Å². The first kappa shape index (κ1) is 37.3. The Morgan fingerprint density at radius 2 is 0.619 bits per heavy atom. The summed E-state index contributed by atoms with van der Waals surface area (Å²) in [6.07, 6.45) is 9.46. The van der Waals surface area contributed by atoms with Crippen LogP contribution in [-0.2, 0) is 0 Å². The number of rotatable bonds is 5. The highest BCUT2D eigenvalue weighted by molar-refractivity contribution is 4.32. The van der Waals surface area contributed by atoms with Gasteiger partial charge in [-0.1, -0.05) is 135 Å². The molecule has 21 heavy (non-hydrogen) atoms. The average Bonchev–Trinajstić information content (AvgIpc) is 2.56. The molecule has 0 unspecified atom stereocenters. The lowest BCUT2D eigenvalue weighted by molar-refractivity contribution is 0.626. The standard InChI is InChI=1S/3C5H12.3C2H6/c1-4-5(2)3;2*1-3-5-4-2;3*1-2/h5H,4H2,1-3H3;2*3-5H2,1-2H3;3*1-2H3. The maximum atomic E-state index is 2.22. The SMILES string of the molecule is CC.CC.CC.CCC(C)C.CCCCC.CCCCC. The summed E-state index contributed by atoms with van der Waals surface area (Å²) in [6.45, 7) is 27.5. The fourth-order valence-corrected chi connectivity index (χ4v) is 0.707. The molecule has 0 atom stereocenters. The maximum Gasteiger partial charge on any atom is -0.0474 e. The fourth-order valence-electron chi connectivity index (χ4n) is 0.707. The van der Waals surface area contributed by atoms with Crippen LogP contribution in [0.4, 0.5) is 0 Å². The van der Waals surface area contributed by atoms with E-state index in [4.69, 9.17) is 0 Å². The molecule has 0 aromatic carbocycles. The second-order valence-corrected chi connectivity index (χ2v) is 4.51. The maximum absolute atomic E-state index is 2.22. The fraction of sp³-hybridized carbons (Fsp3) is 1.00. The van der Waals surface area contributed by atoms with Gasteiger partial charge in [0.2, 0.25) is 0 Å². The van der Waals surface area contributed by atoms with E-state index in [2.05, 4.69) is 48.5 Å². The van der Waals surface area contributed by atoms with Gasteiger partial charge in [-0.3, -0.25) is 0 Å². The molecule has 0 aromatic rings. The second-order valence-electron chi connectivity index (χ2n) is 4.51. The first-order valence-electron chi connectivity index (χ1n) is 10.1. The minimum atomic E-state index is 0.884. The van der Waals surface area contributed by atoms with Crippen molar-refractivity contribution in [2.45, 2.75) is 135 Å². The third-order valence-corrected chi connectivity index (χ3v) is 2.23. The van der Waals surface area contributed by atoms with Crippen LogP contribution >= 0.6 is 0 Å². The zero-order valence-electron chi connectivity index (χ0n) is 18.5. The van der Waals surface area contributed by atoms with Gasteiger partial charge in [0.05, 0.1) is 0 Å². The van der Waals surface area contributed by atoms with Crippen LogP contribution in [0.5, 0.6) is 0 Å². The van der Waals surface area contributed by atoms with Crippen LogP contribution in [0.15, 0.2) is 0 Å². The van der Waals surface area contributed by atoms with Crippen molar-refractivity contribution in [3.8, 4) is 0 Å². The Kier molecular flexibility index (Phi) is 128. The van der Waals surface area contributed by atoms with Gasteiger partial charge < -0.3 is 0 Å². The van der Waals surface area contributed by atoms with Crippen molar-refractivity contribution < 1.29 is 0 Å². The minimum Gasteiger partial charge on any atom is -0.0683 e. The molecular formula is C21H54. The molecule has 0 aliphatic carbocycles. The lowest BCUT2D eigenvalue weighted by Crippen LogP contribution is -1.77. The smallest absolute Gasteiger partial charge is 0.0474 e. The highest BCUT2D eigenvalue weighted by atomic mass is 13.9. The molecular weight excluding hydrogens is 252 g/mol. The zero-order valence-corrected chi connectivity index (χ0v) is 18.5. The lowest BCUT2D eigenvalue weighted by atomic mass is 10.2. The molecule has 0 rings (SSSR count). The van der Waals surface area contributed by atoms with Gasteiger partial charge >= 0.3 is 0 Å². The van der Waals surface area contributed by atoms with Crippen LogP contribution in [-0.4, -0.2) is 0 Å². The van der Waals surface area contributed by atoms with Crippen molar-refractivity contribution in [1.29, 1.82) is 0 Å². The average molecular weight is 307 g/mol. The third kappa shape index (κ3) is 180. The molecule has 0 saturated carbocycles. The van der Waals surface area contributed by atoms with Crippen molar-refractivity contribution in [1.82, 2.24) is 0 Å². The van der Waals surface area contributed by atoms with E-state index in [-0.39, 0.29) is 0 Å². The first-order valence-corrected chi connectivity index (χ1v) is 10.1. The first-order chi connectivity index (χ1) is 10.1. The van der Waals surface area contributed by atoms with Gasteiger partial charge in [-0.05, 0) is 5.92 Å². The largest absolute Gasteiger partial charge is 0.0683 e. The van der Waals surface area contributed by atoms with Crippen LogP contribution in [0, 0.1) is 5.92 Å². The molecule has 0 radical (unpaired) electrons. The van der Waals surface area contributed by atoms with Gasteiger partial charge in [0.1, 0.15) is 0 Å². The third-order valence-electron chi connectivity index (χ3n) is 2.23. The van der Waals surface area contributed by atoms with E-state index < -0.39 is 0 Å². The molecule has 0 heteroatoms. The molecule has 0 aliphatic heterocycles. The lowest BCUT2D eigenvalue weighted by Gasteiger charge is -1.90. The van der Waals surface area contributed by atoms with E-state index in [1.165, 1.54) is 44.9 Å². The number of unbranched alkanes of at least 4 members (excludes halogenated alkanes) is 4. The minimum absolute atomic E-state index is 0.884. The predicted octanol–water partition coefficient (Wildman–Crippen LogP) is 9.52. The summed E-state index contributed by atoms with van der Waals surface area (Å²) < 4.78 is 0. The zero-order chi connectivity index (χ0) is 18.5. The molecule has 0 heterocycles. The Balaban J connectivity index is -0.0000000340. The van der Waals surface area contributed by atoms with Gasteiger partial charge in [-0.25, -0.2) is 0 Å². The van der Waals surface area contributed by atoms with Crippen molar-refractivity contribution in [3.05, 3.63) is 0 Å². The topological polar surface area (TPSA) is 0 Å². The van der Waals surface area contributed by atoms with Gasteiger partial charge in [-0.2, -0.15) is 0 Å². The molecule has 138 valence electrons. The Morgan fingerprint density at radius 1 is 0.476 bits per heavy atom. The molecule has 0 fully saturated rings. The molecule has 0 bridgehead atoms. The summed E-state index contributed by atoms with van der Waals surface area (Å²) >= 11 is 0. The van der Waals surface area contributed by atoms with Crippen LogP contribution in [0.3, 0.4) is 0 Å². The molecule has 0 spiro atoms. The van der Waals surface area contributed by atoms with Crippen molar-refractivity contribution >= 4 is 0 Å². The molecule has 0 aliphatic rings. The highest BCUT2D eigenvalue weighted by Gasteiger charge is 1.80. The number of hydrogen-bond donors (Lipinski definition) is 0. The summed E-state index contributed by atoms with van der Waals surface area (Å²) in [5, 5.41) is 0. The van der Waals surface area contributed by atoms with E-state index in [0.717, 1.165) is 5.92 Å². The predicted molar refractivity (Wildman–Crippen MR) is 110 cm³/mol. The molecule has 0 amide bonds. The second kappa shape index (κ2) is 72.2. The summed E-state index contributed by atoms with van der Waals surface area (Å²) in [6, 6.07) is 0. The highest BCUT2D eigenvalue weighted by Crippen LogP contribution is 1.93. The van der Waals surface area contributed by atoms with Crippen LogP contribution in [0.25, 0.3) is 0 Å². The van der Waals surface area contributed by atoms with E-state index in [1.54, 1.807) is 0 Å². The van der Waals surface area contributed by atoms with E-state index in [0.29, 0.717) is 0 Å². The van der Waals surface area contributed by atoms with E-state index >= 15 is 0 Å². The Bertz CT molecular complexity index is 54.4. The monoisotopic (exact) mass is 306 g/mol. The van der Waals surface area contributed by atoms with Gasteiger partial charge in [0.25, 0.3) is 0 Å². The Morgan fingerprint density at radius 3 is 0.619 bits per heavy atom. The summed E-state index contributed by atoms with van der Waals surface area (Å²) in [5.74, 6) is 0.884. The molecule has 0 N–H and O–H groups in total. The Hall–Kier alpha value is 0. The normalized spacial score (nSPS) is 7.14. The van der Waals surface area contributed by atoms with Gasteiger partial charge in [-0.15, -0.1) is 0 Å². The summed E-state index contributed by atoms with van der Waals surface area (Å²) in [5.41, 5.74) is 0. The van der Waals surface area contributed by atoms with Crippen molar-refractivity contribution in [2.75, 3.05) is 0 Å².